The van der Waals surface area contributed by atoms with Crippen molar-refractivity contribution in [2.45, 2.75) is 42.7 Å². The summed E-state index contributed by atoms with van der Waals surface area (Å²) < 4.78 is 92.8. The first-order valence-electron chi connectivity index (χ1n) is 8.18. The van der Waals surface area contributed by atoms with Gasteiger partial charge in [0.1, 0.15) is 9.90 Å². The summed E-state index contributed by atoms with van der Waals surface area (Å²) in [5.74, 6) is 0. The van der Waals surface area contributed by atoms with Gasteiger partial charge in [0.05, 0.1) is 11.9 Å². The van der Waals surface area contributed by atoms with E-state index in [9.17, 15) is 35.3 Å². The van der Waals surface area contributed by atoms with Gasteiger partial charge in [-0.1, -0.05) is 11.3 Å². The summed E-state index contributed by atoms with van der Waals surface area (Å²) in [4.78, 5) is 18.9. The van der Waals surface area contributed by atoms with Crippen molar-refractivity contribution >= 4 is 33.0 Å². The van der Waals surface area contributed by atoms with E-state index in [4.69, 9.17) is 5.14 Å². The molecular formula is C15H13F6N5O2S2. The minimum atomic E-state index is -4.80. The molecule has 2 aromatic heterocycles. The first-order chi connectivity index (χ1) is 13.7. The molecule has 2 amide bonds. The number of thiazole rings is 1. The Labute approximate surface area is 170 Å². The zero-order valence-corrected chi connectivity index (χ0v) is 16.7. The van der Waals surface area contributed by atoms with Crippen LogP contribution >= 0.6 is 11.3 Å². The number of hydrogen-bond acceptors (Lipinski definition) is 5. The number of urea groups is 1. The molecule has 1 aliphatic rings. The Morgan fingerprint density at radius 2 is 1.90 bits per heavy atom. The van der Waals surface area contributed by atoms with Crippen LogP contribution in [0.5, 0.6) is 0 Å². The van der Waals surface area contributed by atoms with Gasteiger partial charge in [-0.25, -0.2) is 24.1 Å². The molecule has 30 heavy (non-hydrogen) atoms. The number of nitrogens with one attached hydrogen (secondary N) is 1. The van der Waals surface area contributed by atoms with Crippen LogP contribution in [-0.4, -0.2) is 20.2 Å². The second-order valence-electron chi connectivity index (χ2n) is 6.31. The minimum absolute atomic E-state index is 0.0450. The molecule has 1 aliphatic carbocycles. The van der Waals surface area contributed by atoms with Crippen molar-refractivity contribution in [3.63, 3.8) is 0 Å². The van der Waals surface area contributed by atoms with Crippen LogP contribution in [0.3, 0.4) is 0 Å². The number of aryl methyl sites for hydroxylation is 1. The molecule has 2 aromatic rings. The van der Waals surface area contributed by atoms with Crippen LogP contribution in [0.15, 0.2) is 14.8 Å². The van der Waals surface area contributed by atoms with Crippen molar-refractivity contribution in [2.75, 3.05) is 5.32 Å². The zero-order valence-electron chi connectivity index (χ0n) is 15.0. The molecule has 0 spiro atoms. The number of rotatable bonds is 2. The van der Waals surface area contributed by atoms with Crippen molar-refractivity contribution in [2.24, 2.45) is 9.50 Å². The number of alkyl halides is 6. The summed E-state index contributed by atoms with van der Waals surface area (Å²) in [6.07, 6.45) is -7.81. The fourth-order valence-electron chi connectivity index (χ4n) is 2.95. The highest BCUT2D eigenvalue weighted by Crippen LogP contribution is 2.39. The molecule has 3 rings (SSSR count). The Bertz CT molecular complexity index is 1130. The maximum absolute atomic E-state index is 13.3. The van der Waals surface area contributed by atoms with Gasteiger partial charge in [0.15, 0.2) is 14.9 Å². The number of amides is 2. The fourth-order valence-corrected chi connectivity index (χ4v) is 4.88. The Morgan fingerprint density at radius 1 is 1.23 bits per heavy atom. The summed E-state index contributed by atoms with van der Waals surface area (Å²) in [6, 6.07) is -1.36. The number of nitrogens with zero attached hydrogens (tertiary/aromatic N) is 3. The first-order valence-corrected chi connectivity index (χ1v) is 10.6. The number of hydrogen-bond donors (Lipinski definition) is 2. The molecule has 15 heteroatoms. The Morgan fingerprint density at radius 3 is 2.47 bits per heavy atom. The van der Waals surface area contributed by atoms with Crippen LogP contribution < -0.4 is 10.5 Å². The highest BCUT2D eigenvalue weighted by Gasteiger charge is 2.38. The number of halogens is 6. The molecule has 3 N–H and O–H groups in total. The zero-order chi connectivity index (χ0) is 22.5. The van der Waals surface area contributed by atoms with Crippen LogP contribution in [0.2, 0.25) is 0 Å². The van der Waals surface area contributed by atoms with Crippen molar-refractivity contribution in [3.05, 3.63) is 33.7 Å². The van der Waals surface area contributed by atoms with Crippen molar-refractivity contribution in [1.82, 2.24) is 9.97 Å². The molecule has 0 saturated heterocycles. The number of anilines is 1. The standard InChI is InChI=1S/C15H13F6N5O2S2/c1-6-10(7-3-2-4-8(7)24-11(6)14(16,17)18)25-13(27)26-30(22,28)9-5-23-12(29-9)15(19,20)21/h5H,2-4H2,1H3,(H3,22,24,25,26,27,28). The maximum Gasteiger partial charge on any atom is 0.443 e. The van der Waals surface area contributed by atoms with Crippen LogP contribution in [0.25, 0.3) is 0 Å². The highest BCUT2D eigenvalue weighted by molar-refractivity contribution is 7.93. The Hall–Kier alpha value is -2.26. The Balaban J connectivity index is 1.97. The number of aromatic nitrogens is 2. The quantitative estimate of drug-likeness (QED) is 0.634. The Kier molecular flexibility index (Phi) is 5.57. The summed E-state index contributed by atoms with van der Waals surface area (Å²) >= 11 is -0.0450. The number of pyridine rings is 1. The van der Waals surface area contributed by atoms with Gasteiger partial charge < -0.3 is 5.32 Å². The molecule has 1 unspecified atom stereocenters. The molecule has 0 aromatic carbocycles. The van der Waals surface area contributed by atoms with Gasteiger partial charge in [-0.3, -0.25) is 0 Å². The van der Waals surface area contributed by atoms with E-state index < -0.39 is 43.2 Å². The monoisotopic (exact) mass is 473 g/mol. The van der Waals surface area contributed by atoms with E-state index in [0.717, 1.165) is 6.92 Å². The predicted octanol–water partition coefficient (Wildman–Crippen LogP) is 4.31. The number of nitrogens with two attached hydrogens (primary N) is 1. The van der Waals surface area contributed by atoms with E-state index in [-0.39, 0.29) is 34.7 Å². The molecule has 0 fully saturated rings. The van der Waals surface area contributed by atoms with E-state index in [1.165, 1.54) is 0 Å². The molecule has 0 saturated carbocycles. The number of fused-ring (bicyclic) bond motifs is 1. The lowest BCUT2D eigenvalue weighted by atomic mass is 10.1. The molecule has 7 nitrogen and oxygen atoms in total. The third kappa shape index (κ3) is 4.41. The average molecular weight is 473 g/mol. The fraction of sp³-hybridized carbons (Fsp3) is 0.400. The normalized spacial score (nSPS) is 16.1. The molecule has 0 aliphatic heterocycles. The topological polar surface area (TPSA) is 110 Å². The minimum Gasteiger partial charge on any atom is -0.305 e. The lowest BCUT2D eigenvalue weighted by molar-refractivity contribution is -0.141. The van der Waals surface area contributed by atoms with E-state index in [2.05, 4.69) is 19.6 Å². The van der Waals surface area contributed by atoms with Crippen LogP contribution in [-0.2, 0) is 35.1 Å². The summed E-state index contributed by atoms with van der Waals surface area (Å²) in [5, 5.41) is 6.22. The van der Waals surface area contributed by atoms with Crippen molar-refractivity contribution < 1.29 is 35.3 Å². The number of carbonyl (C=O) groups is 1. The van der Waals surface area contributed by atoms with Crippen LogP contribution in [0.4, 0.5) is 36.8 Å². The van der Waals surface area contributed by atoms with E-state index in [1.54, 1.807) is 0 Å². The van der Waals surface area contributed by atoms with Gasteiger partial charge >= 0.3 is 18.4 Å². The van der Waals surface area contributed by atoms with Crippen LogP contribution in [0, 0.1) is 6.92 Å². The third-order valence-corrected chi connectivity index (χ3v) is 7.12. The second kappa shape index (κ2) is 7.46. The molecular weight excluding hydrogens is 460 g/mol. The second-order valence-corrected chi connectivity index (χ2v) is 9.36. The average Bonchev–Trinajstić information content (AvgIpc) is 3.24. The van der Waals surface area contributed by atoms with E-state index in [0.29, 0.717) is 24.6 Å². The number of carbonyl (C=O) groups excluding carboxylic acids is 1. The molecule has 164 valence electrons. The smallest absolute Gasteiger partial charge is 0.305 e. The summed E-state index contributed by atoms with van der Waals surface area (Å²) in [5.41, 5.74) is -1.13. The SMILES string of the molecule is Cc1c(C(F)(F)F)nc2c(c1NC(=O)N=S(N)(=O)c1cnc(C(F)(F)F)s1)CCC2. The molecule has 2 heterocycles. The van der Waals surface area contributed by atoms with Crippen molar-refractivity contribution in [3.8, 4) is 0 Å². The van der Waals surface area contributed by atoms with Crippen LogP contribution in [0.1, 0.15) is 33.9 Å². The van der Waals surface area contributed by atoms with Gasteiger partial charge in [0, 0.05) is 11.3 Å². The summed E-state index contributed by atoms with van der Waals surface area (Å²) in [7, 11) is -4.10. The van der Waals surface area contributed by atoms with Gasteiger partial charge in [-0.2, -0.15) is 26.3 Å². The maximum atomic E-state index is 13.3. The van der Waals surface area contributed by atoms with Gasteiger partial charge in [0.25, 0.3) is 0 Å². The van der Waals surface area contributed by atoms with E-state index in [1.807, 2.05) is 0 Å². The lowest BCUT2D eigenvalue weighted by Gasteiger charge is -2.17. The molecule has 0 bridgehead atoms. The van der Waals surface area contributed by atoms with Gasteiger partial charge in [-0.15, -0.1) is 4.36 Å². The van der Waals surface area contributed by atoms with Gasteiger partial charge in [0.2, 0.25) is 0 Å². The first kappa shape index (κ1) is 22.4. The molecule has 0 radical (unpaired) electrons. The van der Waals surface area contributed by atoms with Crippen molar-refractivity contribution in [1.29, 1.82) is 0 Å². The molecule has 1 atom stereocenters. The lowest BCUT2D eigenvalue weighted by Crippen LogP contribution is -2.20. The van der Waals surface area contributed by atoms with E-state index >= 15 is 0 Å². The predicted molar refractivity (Wildman–Crippen MR) is 95.2 cm³/mol. The summed E-state index contributed by atoms with van der Waals surface area (Å²) in [6.45, 7) is 1.11. The highest BCUT2D eigenvalue weighted by atomic mass is 32.2. The largest absolute Gasteiger partial charge is 0.443 e. The van der Waals surface area contributed by atoms with Gasteiger partial charge in [-0.05, 0) is 31.7 Å². The third-order valence-electron chi connectivity index (χ3n) is 4.20.